The molecule has 1 aromatic rings. The van der Waals surface area contributed by atoms with Gasteiger partial charge >= 0.3 is 0 Å². The van der Waals surface area contributed by atoms with Crippen LogP contribution in [0.5, 0.6) is 0 Å². The minimum absolute atomic E-state index is 0.771. The summed E-state index contributed by atoms with van der Waals surface area (Å²) in [6.07, 6.45) is 1.31. The van der Waals surface area contributed by atoms with Crippen molar-refractivity contribution in [1.29, 1.82) is 0 Å². The predicted octanol–water partition coefficient (Wildman–Crippen LogP) is 3.24. The maximum absolute atomic E-state index is 5.52. The van der Waals surface area contributed by atoms with E-state index in [1.165, 1.54) is 26.1 Å². The van der Waals surface area contributed by atoms with Gasteiger partial charge in [-0.1, -0.05) is 6.92 Å². The van der Waals surface area contributed by atoms with Crippen molar-refractivity contribution in [3.05, 3.63) is 21.0 Å². The van der Waals surface area contributed by atoms with E-state index in [1.54, 1.807) is 0 Å². The highest BCUT2D eigenvalue weighted by Gasteiger charge is 2.20. The highest BCUT2D eigenvalue weighted by molar-refractivity contribution is 9.13. The molecule has 0 amide bonds. The normalized spacial score (nSPS) is 21.2. The zero-order valence-electron chi connectivity index (χ0n) is 10.0. The van der Waals surface area contributed by atoms with E-state index in [2.05, 4.69) is 49.0 Å². The van der Waals surface area contributed by atoms with Gasteiger partial charge in [0.15, 0.2) is 4.67 Å². The summed E-state index contributed by atoms with van der Waals surface area (Å²) in [7, 11) is 0. The molecule has 0 spiro atoms. The third-order valence-corrected chi connectivity index (χ3v) is 4.96. The van der Waals surface area contributed by atoms with Gasteiger partial charge in [0.05, 0.1) is 11.0 Å². The average molecular weight is 366 g/mol. The minimum Gasteiger partial charge on any atom is -0.452 e. The zero-order valence-corrected chi connectivity index (χ0v) is 13.2. The lowest BCUT2D eigenvalue weighted by atomic mass is 10.1. The van der Waals surface area contributed by atoms with Crippen LogP contribution in [-0.4, -0.2) is 31.1 Å². The van der Waals surface area contributed by atoms with E-state index in [1.807, 2.05) is 6.07 Å². The largest absolute Gasteiger partial charge is 0.452 e. The molecular formula is C12H18Br2N2O. The van der Waals surface area contributed by atoms with E-state index in [9.17, 15) is 0 Å². The molecule has 2 heterocycles. The van der Waals surface area contributed by atoms with E-state index < -0.39 is 0 Å². The number of hydrogen-bond acceptors (Lipinski definition) is 3. The fourth-order valence-electron chi connectivity index (χ4n) is 2.24. The van der Waals surface area contributed by atoms with Crippen molar-refractivity contribution in [2.75, 3.05) is 26.2 Å². The molecule has 1 atom stereocenters. The van der Waals surface area contributed by atoms with Gasteiger partial charge in [0.2, 0.25) is 0 Å². The van der Waals surface area contributed by atoms with Gasteiger partial charge in [0, 0.05) is 6.54 Å². The molecule has 1 fully saturated rings. The average Bonchev–Trinajstić information content (AvgIpc) is 2.87. The van der Waals surface area contributed by atoms with Crippen LogP contribution in [0, 0.1) is 5.92 Å². The predicted molar refractivity (Wildman–Crippen MR) is 76.0 cm³/mol. The molecule has 0 saturated carbocycles. The molecule has 1 N–H and O–H groups in total. The molecule has 3 nitrogen and oxygen atoms in total. The number of furan rings is 1. The number of nitrogens with zero attached hydrogens (tertiary/aromatic N) is 1. The zero-order chi connectivity index (χ0) is 12.3. The van der Waals surface area contributed by atoms with Crippen LogP contribution >= 0.6 is 31.9 Å². The molecule has 96 valence electrons. The van der Waals surface area contributed by atoms with Crippen LogP contribution < -0.4 is 5.32 Å². The molecule has 1 unspecified atom stereocenters. The lowest BCUT2D eigenvalue weighted by molar-refractivity contribution is 0.337. The SMILES string of the molecule is CCN1CCC(CNCc2cc(Br)c(Br)o2)C1. The molecule has 5 heteroatoms. The molecule has 0 radical (unpaired) electrons. The maximum Gasteiger partial charge on any atom is 0.183 e. The van der Waals surface area contributed by atoms with Gasteiger partial charge in [-0.25, -0.2) is 0 Å². The molecular weight excluding hydrogens is 348 g/mol. The van der Waals surface area contributed by atoms with Gasteiger partial charge in [-0.05, 0) is 69.9 Å². The smallest absolute Gasteiger partial charge is 0.183 e. The number of halogens is 2. The maximum atomic E-state index is 5.52. The van der Waals surface area contributed by atoms with E-state index in [-0.39, 0.29) is 0 Å². The Kier molecular flexibility index (Phi) is 5.09. The van der Waals surface area contributed by atoms with Crippen LogP contribution in [0.2, 0.25) is 0 Å². The molecule has 17 heavy (non-hydrogen) atoms. The lowest BCUT2D eigenvalue weighted by Gasteiger charge is -2.13. The Balaban J connectivity index is 1.69. The Morgan fingerprint density at radius 1 is 1.53 bits per heavy atom. The third-order valence-electron chi connectivity index (χ3n) is 3.25. The first-order valence-electron chi connectivity index (χ1n) is 6.05. The monoisotopic (exact) mass is 364 g/mol. The van der Waals surface area contributed by atoms with Crippen molar-refractivity contribution in [3.8, 4) is 0 Å². The Labute approximate surface area is 119 Å². The quantitative estimate of drug-likeness (QED) is 0.868. The summed E-state index contributed by atoms with van der Waals surface area (Å²) in [5, 5.41) is 3.47. The molecule has 0 aliphatic carbocycles. The number of rotatable bonds is 5. The van der Waals surface area contributed by atoms with Gasteiger partial charge < -0.3 is 14.6 Å². The van der Waals surface area contributed by atoms with Crippen molar-refractivity contribution in [2.24, 2.45) is 5.92 Å². The van der Waals surface area contributed by atoms with E-state index in [4.69, 9.17) is 4.42 Å². The first-order valence-corrected chi connectivity index (χ1v) is 7.64. The van der Waals surface area contributed by atoms with Crippen molar-refractivity contribution in [2.45, 2.75) is 19.9 Å². The fraction of sp³-hybridized carbons (Fsp3) is 0.667. The van der Waals surface area contributed by atoms with Crippen LogP contribution in [0.1, 0.15) is 19.1 Å². The number of nitrogens with one attached hydrogen (secondary N) is 1. The van der Waals surface area contributed by atoms with E-state index in [0.29, 0.717) is 0 Å². The first kappa shape index (κ1) is 13.6. The summed E-state index contributed by atoms with van der Waals surface area (Å²) in [5.74, 6) is 1.76. The molecule has 0 bridgehead atoms. The standard InChI is InChI=1S/C12H18Br2N2O/c1-2-16-4-3-9(8-16)6-15-7-10-5-11(13)12(14)17-10/h5,9,15H,2-4,6-8H2,1H3. The topological polar surface area (TPSA) is 28.4 Å². The van der Waals surface area contributed by atoms with Gasteiger partial charge in [0.1, 0.15) is 5.76 Å². The molecule has 1 aliphatic rings. The highest BCUT2D eigenvalue weighted by atomic mass is 79.9. The van der Waals surface area contributed by atoms with Crippen LogP contribution in [0.3, 0.4) is 0 Å². The second-order valence-electron chi connectivity index (χ2n) is 4.51. The van der Waals surface area contributed by atoms with Crippen LogP contribution in [0.25, 0.3) is 0 Å². The fourth-order valence-corrected chi connectivity index (χ4v) is 2.90. The summed E-state index contributed by atoms with van der Waals surface area (Å²) < 4.78 is 7.27. The van der Waals surface area contributed by atoms with Gasteiger partial charge in [0.25, 0.3) is 0 Å². The van der Waals surface area contributed by atoms with Crippen molar-refractivity contribution in [1.82, 2.24) is 10.2 Å². The summed E-state index contributed by atoms with van der Waals surface area (Å²) in [5.41, 5.74) is 0. The lowest BCUT2D eigenvalue weighted by Crippen LogP contribution is -2.26. The van der Waals surface area contributed by atoms with Gasteiger partial charge in [-0.15, -0.1) is 0 Å². The minimum atomic E-state index is 0.771. The summed E-state index contributed by atoms with van der Waals surface area (Å²) in [6.45, 7) is 7.76. The second kappa shape index (κ2) is 6.36. The summed E-state index contributed by atoms with van der Waals surface area (Å²) >= 11 is 6.76. The Morgan fingerprint density at radius 3 is 2.94 bits per heavy atom. The molecule has 2 rings (SSSR count). The van der Waals surface area contributed by atoms with Crippen molar-refractivity contribution >= 4 is 31.9 Å². The van der Waals surface area contributed by atoms with Gasteiger partial charge in [-0.2, -0.15) is 0 Å². The third kappa shape index (κ3) is 3.81. The number of hydrogen-bond donors (Lipinski definition) is 1. The van der Waals surface area contributed by atoms with Crippen LogP contribution in [0.15, 0.2) is 19.6 Å². The second-order valence-corrected chi connectivity index (χ2v) is 6.09. The van der Waals surface area contributed by atoms with Crippen molar-refractivity contribution in [3.63, 3.8) is 0 Å². The van der Waals surface area contributed by atoms with E-state index >= 15 is 0 Å². The first-order chi connectivity index (χ1) is 8.19. The van der Waals surface area contributed by atoms with Crippen molar-refractivity contribution < 1.29 is 4.42 Å². The number of likely N-dealkylation sites (tertiary alicyclic amines) is 1. The Bertz CT molecular complexity index is 348. The molecule has 1 saturated heterocycles. The highest BCUT2D eigenvalue weighted by Crippen LogP contribution is 2.26. The van der Waals surface area contributed by atoms with E-state index in [0.717, 1.165) is 33.9 Å². The summed E-state index contributed by atoms with van der Waals surface area (Å²) in [6, 6.07) is 2.00. The Morgan fingerprint density at radius 2 is 2.35 bits per heavy atom. The Hall–Kier alpha value is 0.160. The molecule has 1 aromatic heterocycles. The summed E-state index contributed by atoms with van der Waals surface area (Å²) in [4.78, 5) is 2.51. The van der Waals surface area contributed by atoms with Crippen LogP contribution in [-0.2, 0) is 6.54 Å². The van der Waals surface area contributed by atoms with Gasteiger partial charge in [-0.3, -0.25) is 0 Å². The van der Waals surface area contributed by atoms with Crippen LogP contribution in [0.4, 0.5) is 0 Å². The molecule has 1 aliphatic heterocycles. The molecule has 0 aromatic carbocycles.